The van der Waals surface area contributed by atoms with E-state index in [2.05, 4.69) is 31.2 Å². The Kier molecular flexibility index (Phi) is 4.86. The smallest absolute Gasteiger partial charge is 0.323 e. The fraction of sp³-hybridized carbons (Fsp3) is 0.429. The van der Waals surface area contributed by atoms with Gasteiger partial charge in [0.2, 0.25) is 11.9 Å². The molecule has 2 aliphatic rings. The van der Waals surface area contributed by atoms with Crippen LogP contribution >= 0.6 is 0 Å². The van der Waals surface area contributed by atoms with Crippen LogP contribution in [0.4, 0.5) is 11.9 Å². The fourth-order valence-corrected chi connectivity index (χ4v) is 4.40. The third kappa shape index (κ3) is 3.62. The zero-order valence-electron chi connectivity index (χ0n) is 16.8. The molecule has 0 aliphatic carbocycles. The maximum atomic E-state index is 12.3. The zero-order valence-corrected chi connectivity index (χ0v) is 16.8. The highest BCUT2D eigenvalue weighted by Crippen LogP contribution is 2.36. The first-order valence-corrected chi connectivity index (χ1v) is 10.3. The van der Waals surface area contributed by atoms with E-state index in [0.717, 1.165) is 37.5 Å². The van der Waals surface area contributed by atoms with Crippen molar-refractivity contribution in [1.29, 1.82) is 0 Å². The van der Waals surface area contributed by atoms with Gasteiger partial charge in [-0.25, -0.2) is 0 Å². The predicted octanol–water partition coefficient (Wildman–Crippen LogP) is 2.26. The number of nitrogens with zero attached hydrogens (tertiary/aromatic N) is 5. The monoisotopic (exact) mass is 408 g/mol. The minimum atomic E-state index is 0.0823. The van der Waals surface area contributed by atoms with E-state index in [1.54, 1.807) is 12.3 Å². The lowest BCUT2D eigenvalue weighted by Gasteiger charge is -2.42. The van der Waals surface area contributed by atoms with Gasteiger partial charge in [0.15, 0.2) is 0 Å². The summed E-state index contributed by atoms with van der Waals surface area (Å²) in [6, 6.07) is 9.58. The molecule has 3 aromatic heterocycles. The molecule has 1 N–H and O–H groups in total. The van der Waals surface area contributed by atoms with Crippen molar-refractivity contribution < 1.29 is 9.15 Å². The highest BCUT2D eigenvalue weighted by atomic mass is 16.5. The average Bonchev–Trinajstić information content (AvgIpc) is 3.27. The molecule has 0 radical (unpaired) electrons. The van der Waals surface area contributed by atoms with Gasteiger partial charge in [0.1, 0.15) is 5.76 Å². The minimum absolute atomic E-state index is 0.0823. The molecule has 2 atom stereocenters. The minimum Gasteiger partial charge on any atom is -0.467 e. The van der Waals surface area contributed by atoms with E-state index in [0.29, 0.717) is 37.0 Å². The second-order valence-electron chi connectivity index (χ2n) is 7.71. The van der Waals surface area contributed by atoms with E-state index in [-0.39, 0.29) is 11.5 Å². The maximum Gasteiger partial charge on any atom is 0.323 e. The lowest BCUT2D eigenvalue weighted by atomic mass is 9.83. The molecule has 2 bridgehead atoms. The highest BCUT2D eigenvalue weighted by molar-refractivity contribution is 5.40. The molecule has 3 aromatic rings. The molecule has 0 amide bonds. The van der Waals surface area contributed by atoms with E-state index in [1.165, 1.54) is 0 Å². The van der Waals surface area contributed by atoms with Crippen molar-refractivity contribution in [3.05, 3.63) is 58.4 Å². The molecular weight excluding hydrogens is 384 g/mol. The summed E-state index contributed by atoms with van der Waals surface area (Å²) >= 11 is 0. The molecule has 2 unspecified atom stereocenters. The van der Waals surface area contributed by atoms with Crippen LogP contribution in [0.5, 0.6) is 6.01 Å². The van der Waals surface area contributed by atoms with E-state index >= 15 is 0 Å². The van der Waals surface area contributed by atoms with Crippen molar-refractivity contribution in [1.82, 2.24) is 19.5 Å². The quantitative estimate of drug-likeness (QED) is 0.663. The Balaban J connectivity index is 1.41. The molecule has 2 aliphatic heterocycles. The first-order chi connectivity index (χ1) is 14.7. The normalized spacial score (nSPS) is 20.0. The van der Waals surface area contributed by atoms with Gasteiger partial charge >= 0.3 is 6.01 Å². The third-order valence-electron chi connectivity index (χ3n) is 5.64. The molecule has 5 rings (SSSR count). The van der Waals surface area contributed by atoms with Crippen LogP contribution < -0.4 is 20.5 Å². The average molecular weight is 408 g/mol. The zero-order chi connectivity index (χ0) is 20.5. The maximum absolute atomic E-state index is 12.3. The van der Waals surface area contributed by atoms with Crippen LogP contribution in [0.25, 0.3) is 0 Å². The van der Waals surface area contributed by atoms with Gasteiger partial charge in [0, 0.05) is 37.3 Å². The van der Waals surface area contributed by atoms with Crippen molar-refractivity contribution in [3.8, 4) is 6.01 Å². The summed E-state index contributed by atoms with van der Waals surface area (Å²) in [7, 11) is 0. The number of anilines is 2. The van der Waals surface area contributed by atoms with E-state index in [1.807, 2.05) is 29.7 Å². The summed E-state index contributed by atoms with van der Waals surface area (Å²) in [5.41, 5.74) is 1.18. The highest BCUT2D eigenvalue weighted by Gasteiger charge is 2.35. The second kappa shape index (κ2) is 7.81. The van der Waals surface area contributed by atoms with Gasteiger partial charge in [-0.2, -0.15) is 15.0 Å². The summed E-state index contributed by atoms with van der Waals surface area (Å²) < 4.78 is 12.9. The van der Waals surface area contributed by atoms with Gasteiger partial charge in [-0.05, 0) is 37.5 Å². The molecule has 0 aromatic carbocycles. The Morgan fingerprint density at radius 2 is 2.10 bits per heavy atom. The molecule has 0 saturated carbocycles. The Morgan fingerprint density at radius 3 is 2.93 bits per heavy atom. The summed E-state index contributed by atoms with van der Waals surface area (Å²) in [5, 5.41) is 3.19. The largest absolute Gasteiger partial charge is 0.467 e. The first kappa shape index (κ1) is 18.7. The van der Waals surface area contributed by atoms with Crippen molar-refractivity contribution in [3.63, 3.8) is 0 Å². The van der Waals surface area contributed by atoms with Crippen LogP contribution in [0.15, 0.2) is 45.8 Å². The van der Waals surface area contributed by atoms with Crippen LogP contribution in [-0.4, -0.2) is 39.2 Å². The molecule has 9 nitrogen and oxygen atoms in total. The van der Waals surface area contributed by atoms with Crippen molar-refractivity contribution in [2.24, 2.45) is 5.92 Å². The molecule has 9 heteroatoms. The summed E-state index contributed by atoms with van der Waals surface area (Å²) in [4.78, 5) is 28.0. The van der Waals surface area contributed by atoms with Crippen LogP contribution in [0.2, 0.25) is 0 Å². The molecular formula is C21H24N6O3. The van der Waals surface area contributed by atoms with E-state index in [9.17, 15) is 4.79 Å². The number of hydrogen-bond donors (Lipinski definition) is 1. The number of furan rings is 1. The Labute approximate surface area is 173 Å². The predicted molar refractivity (Wildman–Crippen MR) is 111 cm³/mol. The van der Waals surface area contributed by atoms with Crippen molar-refractivity contribution >= 4 is 11.9 Å². The number of rotatable bonds is 6. The Hall–Kier alpha value is -3.36. The Bertz CT molecular complexity index is 1080. The van der Waals surface area contributed by atoms with Crippen LogP contribution in [-0.2, 0) is 13.1 Å². The summed E-state index contributed by atoms with van der Waals surface area (Å²) in [5.74, 6) is 2.50. The van der Waals surface area contributed by atoms with Gasteiger partial charge in [0.25, 0.3) is 5.56 Å². The molecule has 0 spiro atoms. The lowest BCUT2D eigenvalue weighted by molar-refractivity contribution is 0.277. The van der Waals surface area contributed by atoms with Gasteiger partial charge in [0.05, 0.1) is 19.4 Å². The van der Waals surface area contributed by atoms with Crippen molar-refractivity contribution in [2.45, 2.75) is 32.4 Å². The lowest BCUT2D eigenvalue weighted by Crippen LogP contribution is -2.47. The molecule has 5 heterocycles. The van der Waals surface area contributed by atoms with E-state index in [4.69, 9.17) is 9.15 Å². The topological polar surface area (TPSA) is 98.3 Å². The van der Waals surface area contributed by atoms with Crippen LogP contribution in [0.1, 0.15) is 30.7 Å². The van der Waals surface area contributed by atoms with Gasteiger partial charge < -0.3 is 23.9 Å². The van der Waals surface area contributed by atoms with E-state index < -0.39 is 0 Å². The molecule has 1 fully saturated rings. The number of nitrogens with one attached hydrogen (secondary N) is 1. The van der Waals surface area contributed by atoms with Gasteiger partial charge in [-0.15, -0.1) is 0 Å². The summed E-state index contributed by atoms with van der Waals surface area (Å²) in [6.45, 7) is 5.14. The number of aromatic nitrogens is 4. The van der Waals surface area contributed by atoms with Crippen molar-refractivity contribution in [2.75, 3.05) is 29.9 Å². The number of hydrogen-bond acceptors (Lipinski definition) is 8. The molecule has 1 saturated heterocycles. The number of ether oxygens (including phenoxy) is 1. The van der Waals surface area contributed by atoms with Gasteiger partial charge in [-0.1, -0.05) is 6.07 Å². The third-order valence-corrected chi connectivity index (χ3v) is 5.64. The SMILES string of the molecule is CCOc1nc(NCc2ccco2)nc(N2CC3CC(C2)c2cccc(=O)n2C3)n1. The summed E-state index contributed by atoms with van der Waals surface area (Å²) in [6.07, 6.45) is 2.71. The fourth-order valence-electron chi connectivity index (χ4n) is 4.40. The second-order valence-corrected chi connectivity index (χ2v) is 7.71. The Morgan fingerprint density at radius 1 is 1.17 bits per heavy atom. The number of fused-ring (bicyclic) bond motifs is 4. The first-order valence-electron chi connectivity index (χ1n) is 10.3. The van der Waals surface area contributed by atoms with Crippen LogP contribution in [0.3, 0.4) is 0 Å². The standard InChI is InChI=1S/C21H24N6O3/c1-2-29-21-24-19(22-10-16-5-4-8-30-16)23-20(25-21)26-11-14-9-15(13-26)17-6-3-7-18(28)27(17)12-14/h3-8,14-15H,2,9-13H2,1H3,(H,22,23,24,25). The number of piperidine rings is 1. The van der Waals surface area contributed by atoms with Crippen LogP contribution in [0, 0.1) is 5.92 Å². The molecule has 156 valence electrons. The van der Waals surface area contributed by atoms with Gasteiger partial charge in [-0.3, -0.25) is 4.79 Å². The molecule has 30 heavy (non-hydrogen) atoms. The number of pyridine rings is 1.